The lowest BCUT2D eigenvalue weighted by Crippen LogP contribution is -2.16. The maximum Gasteiger partial charge on any atom is 0.272 e. The third-order valence-electron chi connectivity index (χ3n) is 3.19. The molecule has 6 heteroatoms. The molecule has 0 bridgehead atoms. The van der Waals surface area contributed by atoms with E-state index in [4.69, 9.17) is 4.42 Å². The van der Waals surface area contributed by atoms with E-state index in [9.17, 15) is 4.79 Å². The molecule has 0 spiro atoms. The molecule has 0 aliphatic carbocycles. The zero-order valence-electron chi connectivity index (χ0n) is 11.0. The Morgan fingerprint density at radius 1 is 1.45 bits per heavy atom. The maximum atomic E-state index is 12.3. The first-order valence-corrected chi connectivity index (χ1v) is 6.83. The highest BCUT2D eigenvalue weighted by Gasteiger charge is 2.17. The number of furan rings is 1. The molecule has 0 atom stereocenters. The Morgan fingerprint density at radius 2 is 2.25 bits per heavy atom. The lowest BCUT2D eigenvalue weighted by Gasteiger charge is -2.07. The first kappa shape index (κ1) is 12.9. The van der Waals surface area contributed by atoms with Crippen LogP contribution in [0.4, 0.5) is 5.69 Å². The van der Waals surface area contributed by atoms with Gasteiger partial charge < -0.3 is 14.3 Å². The zero-order chi connectivity index (χ0) is 14.3. The van der Waals surface area contributed by atoms with Gasteiger partial charge in [0.25, 0.3) is 5.91 Å². The lowest BCUT2D eigenvalue weighted by atomic mass is 10.3. The van der Waals surface area contributed by atoms with Crippen molar-refractivity contribution in [1.29, 1.82) is 0 Å². The Bertz CT molecular complexity index is 804. The molecule has 0 saturated carbocycles. The number of pyridine rings is 1. The summed E-state index contributed by atoms with van der Waals surface area (Å²) >= 11 is 3.27. The zero-order valence-corrected chi connectivity index (χ0v) is 12.6. The van der Waals surface area contributed by atoms with E-state index in [1.54, 1.807) is 22.9 Å². The van der Waals surface area contributed by atoms with Crippen LogP contribution in [0.25, 0.3) is 11.1 Å². The van der Waals surface area contributed by atoms with Gasteiger partial charge >= 0.3 is 0 Å². The fourth-order valence-electron chi connectivity index (χ4n) is 2.10. The number of anilines is 1. The van der Waals surface area contributed by atoms with Gasteiger partial charge in [-0.15, -0.1) is 0 Å². The number of carbonyl (C=O) groups excluding carboxylic acids is 1. The van der Waals surface area contributed by atoms with Crippen molar-refractivity contribution in [1.82, 2.24) is 9.55 Å². The number of nitrogens with one attached hydrogen (secondary N) is 1. The van der Waals surface area contributed by atoms with Crippen molar-refractivity contribution in [3.8, 4) is 0 Å². The maximum absolute atomic E-state index is 12.3. The number of fused-ring (bicyclic) bond motifs is 1. The van der Waals surface area contributed by atoms with Crippen molar-refractivity contribution < 1.29 is 9.21 Å². The summed E-state index contributed by atoms with van der Waals surface area (Å²) in [6.45, 7) is 1.85. The van der Waals surface area contributed by atoms with Crippen molar-refractivity contribution in [3.63, 3.8) is 0 Å². The Hall–Kier alpha value is -2.08. The van der Waals surface area contributed by atoms with Crippen molar-refractivity contribution in [2.45, 2.75) is 6.92 Å². The van der Waals surface area contributed by atoms with Crippen LogP contribution in [0, 0.1) is 6.92 Å². The van der Waals surface area contributed by atoms with Gasteiger partial charge in [-0.1, -0.05) is 0 Å². The molecule has 3 rings (SSSR count). The molecule has 0 unspecified atom stereocenters. The first-order valence-electron chi connectivity index (χ1n) is 6.04. The third-order valence-corrected chi connectivity index (χ3v) is 3.58. The van der Waals surface area contributed by atoms with E-state index in [-0.39, 0.29) is 5.91 Å². The van der Waals surface area contributed by atoms with Crippen LogP contribution in [0.1, 0.15) is 16.2 Å². The van der Waals surface area contributed by atoms with Gasteiger partial charge in [-0.05, 0) is 35.0 Å². The smallest absolute Gasteiger partial charge is 0.272 e. The van der Waals surface area contributed by atoms with E-state index in [1.165, 1.54) is 0 Å². The van der Waals surface area contributed by atoms with Gasteiger partial charge in [-0.2, -0.15) is 0 Å². The molecule has 102 valence electrons. The molecule has 1 amide bonds. The minimum absolute atomic E-state index is 0.189. The first-order chi connectivity index (χ1) is 9.56. The van der Waals surface area contributed by atoms with E-state index in [0.29, 0.717) is 21.6 Å². The van der Waals surface area contributed by atoms with Gasteiger partial charge in [0, 0.05) is 25.4 Å². The normalized spacial score (nSPS) is 10.9. The summed E-state index contributed by atoms with van der Waals surface area (Å²) in [7, 11) is 1.83. The van der Waals surface area contributed by atoms with Gasteiger partial charge in [0.1, 0.15) is 5.69 Å². The van der Waals surface area contributed by atoms with E-state index in [2.05, 4.69) is 26.2 Å². The number of carbonyl (C=O) groups is 1. The summed E-state index contributed by atoms with van der Waals surface area (Å²) in [5.74, 6) is -0.189. The molecule has 0 aromatic carbocycles. The Labute approximate surface area is 123 Å². The highest BCUT2D eigenvalue weighted by Crippen LogP contribution is 2.26. The molecular formula is C14H12BrN3O2. The molecule has 20 heavy (non-hydrogen) atoms. The van der Waals surface area contributed by atoms with E-state index in [0.717, 1.165) is 11.2 Å². The molecule has 3 aromatic rings. The monoisotopic (exact) mass is 333 g/mol. The molecule has 1 N–H and O–H groups in total. The van der Waals surface area contributed by atoms with E-state index < -0.39 is 0 Å². The number of halogens is 1. The third kappa shape index (κ3) is 2.12. The number of amides is 1. The molecule has 0 aliphatic heterocycles. The topological polar surface area (TPSA) is 60.1 Å². The van der Waals surface area contributed by atoms with Crippen LogP contribution in [0.2, 0.25) is 0 Å². The molecule has 3 heterocycles. The van der Waals surface area contributed by atoms with Crippen LogP contribution < -0.4 is 5.32 Å². The molecule has 0 aliphatic rings. The minimum atomic E-state index is -0.189. The van der Waals surface area contributed by atoms with Crippen LogP contribution in [0.15, 0.2) is 39.5 Å². The summed E-state index contributed by atoms with van der Waals surface area (Å²) in [6, 6.07) is 7.17. The highest BCUT2D eigenvalue weighted by molar-refractivity contribution is 9.10. The van der Waals surface area contributed by atoms with Crippen LogP contribution in [0.5, 0.6) is 0 Å². The molecule has 0 fully saturated rings. The molecule has 5 nitrogen and oxygen atoms in total. The lowest BCUT2D eigenvalue weighted by molar-refractivity contribution is 0.101. The summed E-state index contributed by atoms with van der Waals surface area (Å²) < 4.78 is 7.90. The van der Waals surface area contributed by atoms with Crippen molar-refractivity contribution in [2.24, 2.45) is 7.05 Å². The standard InChI is InChI=1S/C14H12BrN3O2/c1-8-9(4-3-5-16-8)17-14(19)11-6-12-10(18(11)2)7-13(15)20-12/h3-7H,1-2H3,(H,17,19). The van der Waals surface area contributed by atoms with E-state index >= 15 is 0 Å². The Balaban J connectivity index is 1.95. The highest BCUT2D eigenvalue weighted by atomic mass is 79.9. The molecule has 3 aromatic heterocycles. The molecule has 0 radical (unpaired) electrons. The molecule has 0 saturated heterocycles. The van der Waals surface area contributed by atoms with Gasteiger partial charge in [0.05, 0.1) is 16.9 Å². The second-order valence-electron chi connectivity index (χ2n) is 4.48. The van der Waals surface area contributed by atoms with Gasteiger partial charge in [0.15, 0.2) is 10.3 Å². The van der Waals surface area contributed by atoms with Crippen molar-refractivity contribution >= 4 is 38.6 Å². The van der Waals surface area contributed by atoms with E-state index in [1.807, 2.05) is 26.1 Å². The number of rotatable bonds is 2. The average Bonchev–Trinajstić information content (AvgIpc) is 2.91. The predicted octanol–water partition coefficient (Wildman–Crippen LogP) is 3.49. The summed E-state index contributed by atoms with van der Waals surface area (Å²) in [4.78, 5) is 16.5. The fourth-order valence-corrected chi connectivity index (χ4v) is 2.49. The van der Waals surface area contributed by atoms with Crippen LogP contribution >= 0.6 is 15.9 Å². The number of aromatic nitrogens is 2. The number of nitrogens with zero attached hydrogens (tertiary/aromatic N) is 2. The fraction of sp³-hybridized carbons (Fsp3) is 0.143. The van der Waals surface area contributed by atoms with Crippen LogP contribution in [-0.2, 0) is 7.05 Å². The summed E-state index contributed by atoms with van der Waals surface area (Å²) in [5.41, 5.74) is 3.56. The Morgan fingerprint density at radius 3 is 2.95 bits per heavy atom. The van der Waals surface area contributed by atoms with Gasteiger partial charge in [-0.3, -0.25) is 9.78 Å². The SMILES string of the molecule is Cc1ncccc1NC(=O)c1cc2oc(Br)cc2n1C. The van der Waals surface area contributed by atoms with Gasteiger partial charge in [0.2, 0.25) is 0 Å². The Kier molecular flexibility index (Phi) is 3.10. The number of hydrogen-bond donors (Lipinski definition) is 1. The second kappa shape index (κ2) is 4.79. The van der Waals surface area contributed by atoms with Crippen LogP contribution in [-0.4, -0.2) is 15.5 Å². The number of aryl methyl sites for hydroxylation is 2. The summed E-state index contributed by atoms with van der Waals surface area (Å²) in [6.07, 6.45) is 1.69. The van der Waals surface area contributed by atoms with Crippen molar-refractivity contribution in [2.75, 3.05) is 5.32 Å². The minimum Gasteiger partial charge on any atom is -0.448 e. The number of hydrogen-bond acceptors (Lipinski definition) is 3. The molecular weight excluding hydrogens is 322 g/mol. The van der Waals surface area contributed by atoms with Crippen LogP contribution in [0.3, 0.4) is 0 Å². The quantitative estimate of drug-likeness (QED) is 0.780. The largest absolute Gasteiger partial charge is 0.448 e. The average molecular weight is 334 g/mol. The second-order valence-corrected chi connectivity index (χ2v) is 5.26. The van der Waals surface area contributed by atoms with Crippen molar-refractivity contribution in [3.05, 3.63) is 46.5 Å². The predicted molar refractivity (Wildman–Crippen MR) is 79.8 cm³/mol. The van der Waals surface area contributed by atoms with Gasteiger partial charge in [-0.25, -0.2) is 0 Å². The summed E-state index contributed by atoms with van der Waals surface area (Å²) in [5, 5.41) is 2.86.